The number of carbonyl (C=O) groups excluding carboxylic acids is 1. The minimum absolute atomic E-state index is 0.117. The molecule has 4 rings (SSSR count). The fourth-order valence-corrected chi connectivity index (χ4v) is 4.37. The van der Waals surface area contributed by atoms with Gasteiger partial charge in [-0.3, -0.25) is 9.36 Å². The number of para-hydroxylation sites is 2. The molecular formula is C24H25N5O2S. The maximum absolute atomic E-state index is 13.0. The number of aryl methyl sites for hydroxylation is 2. The van der Waals surface area contributed by atoms with Gasteiger partial charge in [-0.2, -0.15) is 0 Å². The van der Waals surface area contributed by atoms with E-state index in [-0.39, 0.29) is 11.7 Å². The van der Waals surface area contributed by atoms with Gasteiger partial charge < -0.3 is 14.6 Å². The Kier molecular flexibility index (Phi) is 6.61. The van der Waals surface area contributed by atoms with Crippen LogP contribution >= 0.6 is 11.8 Å². The van der Waals surface area contributed by atoms with Crippen molar-refractivity contribution in [1.82, 2.24) is 24.4 Å². The summed E-state index contributed by atoms with van der Waals surface area (Å²) in [7, 11) is 3.53. The highest BCUT2D eigenvalue weighted by Crippen LogP contribution is 2.29. The number of benzene rings is 2. The molecular weight excluding hydrogens is 422 g/mol. The topological polar surface area (TPSA) is 74.0 Å². The summed E-state index contributed by atoms with van der Waals surface area (Å²) in [6.45, 7) is 2.06. The zero-order chi connectivity index (χ0) is 22.5. The lowest BCUT2D eigenvalue weighted by molar-refractivity contribution is -0.119. The molecule has 1 amide bonds. The molecule has 1 N–H and O–H groups in total. The van der Waals surface area contributed by atoms with E-state index in [4.69, 9.17) is 4.74 Å². The molecule has 1 unspecified atom stereocenters. The van der Waals surface area contributed by atoms with Crippen LogP contribution in [0.2, 0.25) is 0 Å². The molecule has 4 aromatic rings. The van der Waals surface area contributed by atoms with Crippen LogP contribution in [0.15, 0.2) is 78.5 Å². The van der Waals surface area contributed by atoms with Crippen LogP contribution in [0.3, 0.4) is 0 Å². The van der Waals surface area contributed by atoms with Crippen molar-refractivity contribution >= 4 is 17.7 Å². The van der Waals surface area contributed by atoms with Crippen LogP contribution in [0, 0.1) is 6.92 Å². The molecule has 0 saturated carbocycles. The lowest BCUT2D eigenvalue weighted by atomic mass is 10.0. The van der Waals surface area contributed by atoms with Gasteiger partial charge in [-0.25, -0.2) is 9.97 Å². The maximum atomic E-state index is 13.0. The number of imidazole rings is 2. The van der Waals surface area contributed by atoms with E-state index in [9.17, 15) is 4.79 Å². The number of hydrogen-bond acceptors (Lipinski definition) is 5. The number of hydrogen-bond donors (Lipinski definition) is 1. The van der Waals surface area contributed by atoms with E-state index in [1.54, 1.807) is 19.5 Å². The van der Waals surface area contributed by atoms with Crippen molar-refractivity contribution < 1.29 is 9.53 Å². The number of methoxy groups -OCH3 is 1. The maximum Gasteiger partial charge on any atom is 0.231 e. The molecule has 0 radical (unpaired) electrons. The Hall–Kier alpha value is -3.52. The average Bonchev–Trinajstić information content (AvgIpc) is 3.45. The molecule has 0 aliphatic rings. The predicted molar refractivity (Wildman–Crippen MR) is 125 cm³/mol. The van der Waals surface area contributed by atoms with Crippen LogP contribution in [-0.4, -0.2) is 37.9 Å². The van der Waals surface area contributed by atoms with Crippen molar-refractivity contribution in [3.05, 3.63) is 90.3 Å². The van der Waals surface area contributed by atoms with Gasteiger partial charge in [0.25, 0.3) is 0 Å². The first-order valence-electron chi connectivity index (χ1n) is 10.2. The molecule has 32 heavy (non-hydrogen) atoms. The third-order valence-electron chi connectivity index (χ3n) is 5.19. The van der Waals surface area contributed by atoms with Crippen molar-refractivity contribution in [2.45, 2.75) is 18.1 Å². The molecule has 2 aromatic heterocycles. The molecule has 0 bridgehead atoms. The van der Waals surface area contributed by atoms with Gasteiger partial charge >= 0.3 is 0 Å². The summed E-state index contributed by atoms with van der Waals surface area (Å²) in [5, 5.41) is 3.89. The summed E-state index contributed by atoms with van der Waals surface area (Å²) in [4.78, 5) is 21.9. The normalized spacial score (nSPS) is 11.8. The number of ether oxygens (including phenoxy) is 1. The average molecular weight is 448 g/mol. The molecule has 0 aliphatic carbocycles. The highest BCUT2D eigenvalue weighted by molar-refractivity contribution is 7.99. The summed E-state index contributed by atoms with van der Waals surface area (Å²) >= 11 is 1.40. The van der Waals surface area contributed by atoms with Gasteiger partial charge in [0.05, 0.1) is 18.6 Å². The summed E-state index contributed by atoms with van der Waals surface area (Å²) < 4.78 is 9.44. The van der Waals surface area contributed by atoms with Gasteiger partial charge in [0.2, 0.25) is 5.91 Å². The number of carbonyl (C=O) groups is 1. The lowest BCUT2D eigenvalue weighted by Crippen LogP contribution is -2.32. The SMILES string of the molecule is COc1ccccc1C(NC(=O)CSc1nccn1-c1ccccc1C)c1nccn1C. The van der Waals surface area contributed by atoms with E-state index >= 15 is 0 Å². The van der Waals surface area contributed by atoms with Gasteiger partial charge in [0.1, 0.15) is 17.6 Å². The van der Waals surface area contributed by atoms with Crippen molar-refractivity contribution in [2.24, 2.45) is 7.05 Å². The van der Waals surface area contributed by atoms with E-state index in [0.29, 0.717) is 5.75 Å². The third-order valence-corrected chi connectivity index (χ3v) is 6.15. The molecule has 0 saturated heterocycles. The molecule has 8 heteroatoms. The Morgan fingerprint density at radius 3 is 2.59 bits per heavy atom. The molecule has 164 valence electrons. The smallest absolute Gasteiger partial charge is 0.231 e. The van der Waals surface area contributed by atoms with Gasteiger partial charge in [0.15, 0.2) is 5.16 Å². The molecule has 2 aromatic carbocycles. The number of nitrogens with one attached hydrogen (secondary N) is 1. The Morgan fingerprint density at radius 2 is 1.84 bits per heavy atom. The molecule has 0 spiro atoms. The fourth-order valence-electron chi connectivity index (χ4n) is 3.59. The first-order chi connectivity index (χ1) is 15.6. The van der Waals surface area contributed by atoms with Crippen LogP contribution < -0.4 is 10.1 Å². The monoisotopic (exact) mass is 447 g/mol. The van der Waals surface area contributed by atoms with Gasteiger partial charge in [-0.05, 0) is 24.6 Å². The minimum Gasteiger partial charge on any atom is -0.496 e. The molecule has 0 aliphatic heterocycles. The quantitative estimate of drug-likeness (QED) is 0.415. The van der Waals surface area contributed by atoms with Crippen LogP contribution in [-0.2, 0) is 11.8 Å². The van der Waals surface area contributed by atoms with Gasteiger partial charge in [-0.15, -0.1) is 0 Å². The zero-order valence-electron chi connectivity index (χ0n) is 18.2. The second-order valence-corrected chi connectivity index (χ2v) is 8.24. The largest absolute Gasteiger partial charge is 0.496 e. The summed E-state index contributed by atoms with van der Waals surface area (Å²) in [5.74, 6) is 1.53. The summed E-state index contributed by atoms with van der Waals surface area (Å²) in [5.41, 5.74) is 3.04. The second-order valence-electron chi connectivity index (χ2n) is 7.29. The predicted octanol–water partition coefficient (Wildman–Crippen LogP) is 3.92. The van der Waals surface area contributed by atoms with E-state index in [2.05, 4.69) is 28.3 Å². The van der Waals surface area contributed by atoms with Crippen LogP contribution in [0.5, 0.6) is 5.75 Å². The Morgan fingerprint density at radius 1 is 1.09 bits per heavy atom. The number of nitrogens with zero attached hydrogens (tertiary/aromatic N) is 4. The van der Waals surface area contributed by atoms with Crippen molar-refractivity contribution in [3.8, 4) is 11.4 Å². The van der Waals surface area contributed by atoms with E-state index in [1.807, 2.05) is 71.0 Å². The standard InChI is InChI=1S/C24H25N5O2S/c1-17-8-4-6-10-19(17)29-15-13-26-24(29)32-16-21(30)27-22(23-25-12-14-28(23)2)18-9-5-7-11-20(18)31-3/h4-15,22H,16H2,1-3H3,(H,27,30). The van der Waals surface area contributed by atoms with Gasteiger partial charge in [0, 0.05) is 37.4 Å². The molecule has 7 nitrogen and oxygen atoms in total. The second kappa shape index (κ2) is 9.74. The Balaban J connectivity index is 1.53. The lowest BCUT2D eigenvalue weighted by Gasteiger charge is -2.21. The summed E-state index contributed by atoms with van der Waals surface area (Å²) in [6.07, 6.45) is 7.24. The van der Waals surface area contributed by atoms with Crippen molar-refractivity contribution in [2.75, 3.05) is 12.9 Å². The van der Waals surface area contributed by atoms with Crippen molar-refractivity contribution in [1.29, 1.82) is 0 Å². The van der Waals surface area contributed by atoms with Crippen molar-refractivity contribution in [3.63, 3.8) is 0 Å². The Bertz CT molecular complexity index is 1220. The minimum atomic E-state index is -0.435. The van der Waals surface area contributed by atoms with E-state index < -0.39 is 6.04 Å². The number of amides is 1. The molecule has 1 atom stereocenters. The Labute approximate surface area is 191 Å². The first-order valence-corrected chi connectivity index (χ1v) is 11.2. The summed E-state index contributed by atoms with van der Waals surface area (Å²) in [6, 6.07) is 15.3. The van der Waals surface area contributed by atoms with Crippen LogP contribution in [0.4, 0.5) is 0 Å². The third kappa shape index (κ3) is 4.55. The molecule has 2 heterocycles. The van der Waals surface area contributed by atoms with E-state index in [1.165, 1.54) is 11.8 Å². The van der Waals surface area contributed by atoms with Gasteiger partial charge in [-0.1, -0.05) is 48.2 Å². The fraction of sp³-hybridized carbons (Fsp3) is 0.208. The van der Waals surface area contributed by atoms with E-state index in [0.717, 1.165) is 27.8 Å². The number of thioether (sulfide) groups is 1. The molecule has 0 fully saturated rings. The zero-order valence-corrected chi connectivity index (χ0v) is 19.0. The first kappa shape index (κ1) is 21.7. The highest BCUT2D eigenvalue weighted by Gasteiger charge is 2.24. The number of aromatic nitrogens is 4. The van der Waals surface area contributed by atoms with Crippen LogP contribution in [0.25, 0.3) is 5.69 Å². The highest BCUT2D eigenvalue weighted by atomic mass is 32.2. The number of rotatable bonds is 8. The van der Waals surface area contributed by atoms with Crippen LogP contribution in [0.1, 0.15) is 23.0 Å².